The number of phenolic OH excluding ortho intramolecular Hbond substituents is 1. The number of aromatic hydroxyl groups is 1. The third kappa shape index (κ3) is 3.70. The van der Waals surface area contributed by atoms with E-state index in [0.717, 1.165) is 10.0 Å². The quantitative estimate of drug-likeness (QED) is 0.793. The van der Waals surface area contributed by atoms with Gasteiger partial charge < -0.3 is 5.11 Å². The molecule has 0 aliphatic rings. The van der Waals surface area contributed by atoms with E-state index in [2.05, 4.69) is 59.9 Å². The number of benzene rings is 2. The summed E-state index contributed by atoms with van der Waals surface area (Å²) in [5.74, 6) is 0.240. The van der Waals surface area contributed by atoms with Crippen LogP contribution in [-0.4, -0.2) is 11.3 Å². The molecule has 2 aromatic carbocycles. The first-order valence-electron chi connectivity index (χ1n) is 6.55. The molecule has 0 spiro atoms. The van der Waals surface area contributed by atoms with Crippen molar-refractivity contribution < 1.29 is 5.11 Å². The first kappa shape index (κ1) is 14.8. The molecule has 20 heavy (non-hydrogen) atoms. The Kier molecular flexibility index (Phi) is 4.61. The highest BCUT2D eigenvalue weighted by molar-refractivity contribution is 9.10. The third-order valence-electron chi connectivity index (χ3n) is 3.15. The summed E-state index contributed by atoms with van der Waals surface area (Å²) in [5.41, 5.74) is 4.39. The van der Waals surface area contributed by atoms with E-state index < -0.39 is 0 Å². The number of rotatable bonds is 3. The smallest absolute Gasteiger partial charge is 0.124 e. The Morgan fingerprint density at radius 2 is 1.75 bits per heavy atom. The molecule has 0 bridgehead atoms. The van der Waals surface area contributed by atoms with Gasteiger partial charge in [-0.15, -0.1) is 0 Å². The molecule has 0 saturated heterocycles. The molecule has 0 aromatic heterocycles. The molecule has 0 heterocycles. The van der Waals surface area contributed by atoms with Gasteiger partial charge in [0.2, 0.25) is 0 Å². The minimum Gasteiger partial charge on any atom is -0.507 e. The van der Waals surface area contributed by atoms with Crippen molar-refractivity contribution in [2.24, 2.45) is 4.99 Å². The lowest BCUT2D eigenvalue weighted by Gasteiger charge is -2.09. The highest BCUT2D eigenvalue weighted by atomic mass is 79.9. The van der Waals surface area contributed by atoms with Crippen molar-refractivity contribution in [3.63, 3.8) is 0 Å². The van der Waals surface area contributed by atoms with Gasteiger partial charge in [-0.1, -0.05) is 45.3 Å². The summed E-state index contributed by atoms with van der Waals surface area (Å²) >= 11 is 3.39. The van der Waals surface area contributed by atoms with Crippen LogP contribution in [0.2, 0.25) is 0 Å². The van der Waals surface area contributed by atoms with Gasteiger partial charge in [-0.25, -0.2) is 0 Å². The molecule has 0 aliphatic carbocycles. The van der Waals surface area contributed by atoms with Gasteiger partial charge in [0, 0.05) is 16.3 Å². The zero-order valence-electron chi connectivity index (χ0n) is 11.9. The number of nitrogens with zero attached hydrogens (tertiary/aromatic N) is 1. The first-order chi connectivity index (χ1) is 9.45. The summed E-state index contributed by atoms with van der Waals surface area (Å²) in [6, 6.07) is 11.8. The Morgan fingerprint density at radius 1 is 1.10 bits per heavy atom. The average molecular weight is 332 g/mol. The molecule has 0 aliphatic heterocycles. The first-order valence-corrected chi connectivity index (χ1v) is 7.35. The third-order valence-corrected chi connectivity index (χ3v) is 3.65. The second-order valence-electron chi connectivity index (χ2n) is 5.08. The highest BCUT2D eigenvalue weighted by Crippen LogP contribution is 2.23. The predicted octanol–water partition coefficient (Wildman–Crippen LogP) is 4.95. The summed E-state index contributed by atoms with van der Waals surface area (Å²) in [6.07, 6.45) is 1.72. The van der Waals surface area contributed by atoms with Gasteiger partial charge in [0.15, 0.2) is 0 Å². The number of hydrogen-bond acceptors (Lipinski definition) is 2. The fraction of sp³-hybridized carbons (Fsp3) is 0.235. The topological polar surface area (TPSA) is 32.6 Å². The molecular weight excluding hydrogens is 314 g/mol. The molecule has 0 saturated carbocycles. The maximum atomic E-state index is 9.79. The minimum atomic E-state index is 0.0620. The van der Waals surface area contributed by atoms with Crippen LogP contribution in [0, 0.1) is 13.8 Å². The van der Waals surface area contributed by atoms with Crippen LogP contribution < -0.4 is 0 Å². The van der Waals surface area contributed by atoms with Crippen molar-refractivity contribution in [3.8, 4) is 5.75 Å². The molecule has 0 unspecified atom stereocenters. The van der Waals surface area contributed by atoms with Crippen molar-refractivity contribution in [2.45, 2.75) is 26.8 Å². The molecule has 2 aromatic rings. The predicted molar refractivity (Wildman–Crippen MR) is 87.7 cm³/mol. The van der Waals surface area contributed by atoms with Gasteiger partial charge in [-0.2, -0.15) is 0 Å². The molecular formula is C17H18BrNO. The van der Waals surface area contributed by atoms with Gasteiger partial charge in [-0.05, 0) is 44.5 Å². The molecule has 1 atom stereocenters. The van der Waals surface area contributed by atoms with E-state index in [4.69, 9.17) is 0 Å². The second kappa shape index (κ2) is 6.23. The maximum absolute atomic E-state index is 9.79. The number of aliphatic imine (C=N–C) groups is 1. The Hall–Kier alpha value is -1.61. The summed E-state index contributed by atoms with van der Waals surface area (Å²) in [5, 5.41) is 9.79. The zero-order valence-corrected chi connectivity index (χ0v) is 13.5. The second-order valence-corrected chi connectivity index (χ2v) is 5.99. The molecule has 0 amide bonds. The molecule has 2 nitrogen and oxygen atoms in total. The Balaban J connectivity index is 2.24. The van der Waals surface area contributed by atoms with Gasteiger partial charge in [0.25, 0.3) is 0 Å². The Morgan fingerprint density at radius 3 is 2.40 bits per heavy atom. The molecule has 104 valence electrons. The fourth-order valence-corrected chi connectivity index (χ4v) is 2.54. The van der Waals surface area contributed by atoms with Crippen LogP contribution in [-0.2, 0) is 0 Å². The summed E-state index contributed by atoms with van der Waals surface area (Å²) in [4.78, 5) is 4.54. The number of hydrogen-bond donors (Lipinski definition) is 1. The maximum Gasteiger partial charge on any atom is 0.124 e. The van der Waals surface area contributed by atoms with Crippen molar-refractivity contribution in [1.29, 1.82) is 0 Å². The van der Waals surface area contributed by atoms with Crippen LogP contribution in [0.3, 0.4) is 0 Å². The Bertz CT molecular complexity index is 629. The van der Waals surface area contributed by atoms with Crippen molar-refractivity contribution in [1.82, 2.24) is 0 Å². The van der Waals surface area contributed by atoms with Crippen molar-refractivity contribution >= 4 is 22.1 Å². The van der Waals surface area contributed by atoms with E-state index in [0.29, 0.717) is 0 Å². The molecule has 0 fully saturated rings. The lowest BCUT2D eigenvalue weighted by atomic mass is 10.0. The lowest BCUT2D eigenvalue weighted by Crippen LogP contribution is -1.93. The van der Waals surface area contributed by atoms with Crippen molar-refractivity contribution in [3.05, 3.63) is 63.1 Å². The van der Waals surface area contributed by atoms with Crippen LogP contribution >= 0.6 is 15.9 Å². The number of phenols is 1. The molecule has 1 N–H and O–H groups in total. The van der Waals surface area contributed by atoms with E-state index >= 15 is 0 Å². The summed E-state index contributed by atoms with van der Waals surface area (Å²) in [7, 11) is 0. The molecule has 2 rings (SSSR count). The molecule has 3 heteroatoms. The van der Waals surface area contributed by atoms with Gasteiger partial charge in [0.05, 0.1) is 6.04 Å². The largest absolute Gasteiger partial charge is 0.507 e. The van der Waals surface area contributed by atoms with E-state index in [-0.39, 0.29) is 11.8 Å². The van der Waals surface area contributed by atoms with Gasteiger partial charge >= 0.3 is 0 Å². The fourth-order valence-electron chi connectivity index (χ4n) is 2.16. The molecule has 0 radical (unpaired) electrons. The van der Waals surface area contributed by atoms with Gasteiger partial charge in [-0.3, -0.25) is 4.99 Å². The van der Waals surface area contributed by atoms with Crippen LogP contribution in [0.25, 0.3) is 0 Å². The van der Waals surface area contributed by atoms with Crippen LogP contribution in [0.4, 0.5) is 0 Å². The van der Waals surface area contributed by atoms with Gasteiger partial charge in [0.1, 0.15) is 5.75 Å². The minimum absolute atomic E-state index is 0.0620. The van der Waals surface area contributed by atoms with E-state index in [9.17, 15) is 5.11 Å². The highest BCUT2D eigenvalue weighted by Gasteiger charge is 2.05. The lowest BCUT2D eigenvalue weighted by molar-refractivity contribution is 0.474. The van der Waals surface area contributed by atoms with E-state index in [1.807, 2.05) is 6.07 Å². The SMILES string of the molecule is Cc1cc(C)cc([C@@H](C)N=Cc2cc(Br)ccc2O)c1. The summed E-state index contributed by atoms with van der Waals surface area (Å²) < 4.78 is 0.927. The number of aryl methyl sites for hydroxylation is 2. The van der Waals surface area contributed by atoms with Crippen LogP contribution in [0.5, 0.6) is 5.75 Å². The van der Waals surface area contributed by atoms with Crippen LogP contribution in [0.1, 0.15) is 35.2 Å². The summed E-state index contributed by atoms with van der Waals surface area (Å²) in [6.45, 7) is 6.24. The Labute approximate surface area is 128 Å². The van der Waals surface area contributed by atoms with Crippen LogP contribution in [0.15, 0.2) is 45.9 Å². The zero-order chi connectivity index (χ0) is 14.7. The normalized spacial score (nSPS) is 12.8. The van der Waals surface area contributed by atoms with E-state index in [1.165, 1.54) is 16.7 Å². The standard InChI is InChI=1S/C17H18BrNO/c1-11-6-12(2)8-14(7-11)13(3)19-10-15-9-16(18)4-5-17(15)20/h4-10,13,20H,1-3H3/t13-/m1/s1. The average Bonchev–Trinajstić information content (AvgIpc) is 2.38. The van der Waals surface area contributed by atoms with E-state index in [1.54, 1.807) is 18.3 Å². The monoisotopic (exact) mass is 331 g/mol. The van der Waals surface area contributed by atoms with Crippen molar-refractivity contribution in [2.75, 3.05) is 0 Å². The number of halogens is 1.